The highest BCUT2D eigenvalue weighted by Gasteiger charge is 2.35. The maximum Gasteiger partial charge on any atom is 0.325 e. The zero-order chi connectivity index (χ0) is 11.5. The molecular formula is C10H18N2O3. The van der Waals surface area contributed by atoms with E-state index in [0.717, 1.165) is 19.4 Å². The number of rotatable bonds is 3. The van der Waals surface area contributed by atoms with Crippen molar-refractivity contribution in [1.29, 1.82) is 0 Å². The lowest BCUT2D eigenvalue weighted by molar-refractivity contribution is -0.143. The Morgan fingerprint density at radius 1 is 1.53 bits per heavy atom. The lowest BCUT2D eigenvalue weighted by Crippen LogP contribution is -2.52. The molecule has 1 aliphatic rings. The van der Waals surface area contributed by atoms with Crippen LogP contribution in [0, 0.1) is 5.41 Å². The highest BCUT2D eigenvalue weighted by atomic mass is 16.4. The summed E-state index contributed by atoms with van der Waals surface area (Å²) in [5.41, 5.74) is -0.470. The SMILES string of the molecule is C[C@@H](NC(=O)C1(C)CCCNC1)C(=O)O. The largest absolute Gasteiger partial charge is 0.480 e. The van der Waals surface area contributed by atoms with Crippen LogP contribution in [0.5, 0.6) is 0 Å². The van der Waals surface area contributed by atoms with E-state index in [0.29, 0.717) is 6.54 Å². The first-order valence-electron chi connectivity index (χ1n) is 5.20. The Bertz CT molecular complexity index is 259. The second kappa shape index (κ2) is 4.61. The Morgan fingerprint density at radius 3 is 2.67 bits per heavy atom. The first-order chi connectivity index (χ1) is 6.96. The van der Waals surface area contributed by atoms with E-state index < -0.39 is 17.4 Å². The van der Waals surface area contributed by atoms with E-state index in [2.05, 4.69) is 10.6 Å². The number of carbonyl (C=O) groups is 2. The fraction of sp³-hybridized carbons (Fsp3) is 0.800. The second-order valence-electron chi connectivity index (χ2n) is 4.37. The Balaban J connectivity index is 2.55. The number of carboxylic acids is 1. The Morgan fingerprint density at radius 2 is 2.20 bits per heavy atom. The highest BCUT2D eigenvalue weighted by Crippen LogP contribution is 2.25. The fourth-order valence-corrected chi connectivity index (χ4v) is 1.68. The molecule has 0 aliphatic carbocycles. The van der Waals surface area contributed by atoms with Gasteiger partial charge in [-0.15, -0.1) is 0 Å². The van der Waals surface area contributed by atoms with Crippen molar-refractivity contribution < 1.29 is 14.7 Å². The molecule has 0 spiro atoms. The summed E-state index contributed by atoms with van der Waals surface area (Å²) >= 11 is 0. The molecule has 0 radical (unpaired) electrons. The van der Waals surface area contributed by atoms with Crippen molar-refractivity contribution >= 4 is 11.9 Å². The van der Waals surface area contributed by atoms with Crippen LogP contribution in [0.25, 0.3) is 0 Å². The molecule has 1 aliphatic heterocycles. The van der Waals surface area contributed by atoms with E-state index in [-0.39, 0.29) is 5.91 Å². The van der Waals surface area contributed by atoms with E-state index >= 15 is 0 Å². The van der Waals surface area contributed by atoms with Gasteiger partial charge in [0.1, 0.15) is 6.04 Å². The lowest BCUT2D eigenvalue weighted by atomic mass is 9.82. The van der Waals surface area contributed by atoms with Gasteiger partial charge in [0.2, 0.25) is 5.91 Å². The zero-order valence-electron chi connectivity index (χ0n) is 9.17. The smallest absolute Gasteiger partial charge is 0.325 e. The molecule has 5 heteroatoms. The van der Waals surface area contributed by atoms with Crippen LogP contribution in [-0.4, -0.2) is 36.1 Å². The summed E-state index contributed by atoms with van der Waals surface area (Å²) in [4.78, 5) is 22.4. The van der Waals surface area contributed by atoms with E-state index in [1.165, 1.54) is 6.92 Å². The van der Waals surface area contributed by atoms with Crippen molar-refractivity contribution in [2.24, 2.45) is 5.41 Å². The zero-order valence-corrected chi connectivity index (χ0v) is 9.17. The molecule has 1 fully saturated rings. The molecule has 1 heterocycles. The molecule has 0 saturated carbocycles. The minimum absolute atomic E-state index is 0.176. The number of hydrogen-bond donors (Lipinski definition) is 3. The normalized spacial score (nSPS) is 28.1. The molecule has 0 aromatic heterocycles. The van der Waals surface area contributed by atoms with Gasteiger partial charge in [0.05, 0.1) is 5.41 Å². The number of carboxylic acid groups (broad SMARTS) is 1. The summed E-state index contributed by atoms with van der Waals surface area (Å²) in [6.07, 6.45) is 1.75. The maximum absolute atomic E-state index is 11.8. The number of amides is 1. The van der Waals surface area contributed by atoms with Crippen LogP contribution >= 0.6 is 0 Å². The third-order valence-corrected chi connectivity index (χ3v) is 2.86. The minimum atomic E-state index is -1.00. The first-order valence-corrected chi connectivity index (χ1v) is 5.20. The highest BCUT2D eigenvalue weighted by molar-refractivity contribution is 5.87. The fourth-order valence-electron chi connectivity index (χ4n) is 1.68. The van der Waals surface area contributed by atoms with Gasteiger partial charge in [-0.2, -0.15) is 0 Å². The van der Waals surface area contributed by atoms with Gasteiger partial charge in [-0.3, -0.25) is 9.59 Å². The topological polar surface area (TPSA) is 78.4 Å². The molecular weight excluding hydrogens is 196 g/mol. The third kappa shape index (κ3) is 2.92. The van der Waals surface area contributed by atoms with Crippen molar-refractivity contribution in [1.82, 2.24) is 10.6 Å². The van der Waals surface area contributed by atoms with E-state index in [4.69, 9.17) is 5.11 Å². The summed E-state index contributed by atoms with van der Waals surface area (Å²) in [6.45, 7) is 4.88. The predicted octanol–water partition coefficient (Wildman–Crippen LogP) is -0.0346. The van der Waals surface area contributed by atoms with E-state index in [1.807, 2.05) is 6.92 Å². The van der Waals surface area contributed by atoms with Gasteiger partial charge in [0, 0.05) is 6.54 Å². The van der Waals surface area contributed by atoms with Crippen LogP contribution in [0.15, 0.2) is 0 Å². The Kier molecular flexibility index (Phi) is 3.68. The number of piperidine rings is 1. The summed E-state index contributed by atoms with van der Waals surface area (Å²) in [5, 5.41) is 14.3. The van der Waals surface area contributed by atoms with Gasteiger partial charge in [-0.25, -0.2) is 0 Å². The van der Waals surface area contributed by atoms with Crippen molar-refractivity contribution in [3.63, 3.8) is 0 Å². The lowest BCUT2D eigenvalue weighted by Gasteiger charge is -2.33. The number of aliphatic carboxylic acids is 1. The van der Waals surface area contributed by atoms with Crippen molar-refractivity contribution in [2.75, 3.05) is 13.1 Å². The summed E-state index contributed by atoms with van der Waals surface area (Å²) in [6, 6.07) is -0.823. The van der Waals surface area contributed by atoms with Gasteiger partial charge >= 0.3 is 5.97 Å². The van der Waals surface area contributed by atoms with Gasteiger partial charge in [-0.05, 0) is 33.2 Å². The monoisotopic (exact) mass is 214 g/mol. The third-order valence-electron chi connectivity index (χ3n) is 2.86. The molecule has 1 rings (SSSR count). The number of nitrogens with one attached hydrogen (secondary N) is 2. The van der Waals surface area contributed by atoms with Crippen molar-refractivity contribution in [2.45, 2.75) is 32.7 Å². The molecule has 0 aromatic rings. The number of carbonyl (C=O) groups excluding carboxylic acids is 1. The maximum atomic E-state index is 11.8. The van der Waals surface area contributed by atoms with Gasteiger partial charge < -0.3 is 15.7 Å². The molecule has 0 bridgehead atoms. The Labute approximate surface area is 89.2 Å². The molecule has 1 saturated heterocycles. The molecule has 1 amide bonds. The number of hydrogen-bond acceptors (Lipinski definition) is 3. The van der Waals surface area contributed by atoms with Crippen LogP contribution in [0.4, 0.5) is 0 Å². The molecule has 5 nitrogen and oxygen atoms in total. The molecule has 0 aromatic carbocycles. The van der Waals surface area contributed by atoms with Gasteiger partial charge in [0.25, 0.3) is 0 Å². The minimum Gasteiger partial charge on any atom is -0.480 e. The Hall–Kier alpha value is -1.10. The summed E-state index contributed by atoms with van der Waals surface area (Å²) in [7, 11) is 0. The molecule has 15 heavy (non-hydrogen) atoms. The van der Waals surface area contributed by atoms with Crippen molar-refractivity contribution in [3.8, 4) is 0 Å². The van der Waals surface area contributed by atoms with Crippen LogP contribution in [-0.2, 0) is 9.59 Å². The first kappa shape index (κ1) is 12.0. The van der Waals surface area contributed by atoms with Gasteiger partial charge in [-0.1, -0.05) is 0 Å². The van der Waals surface area contributed by atoms with Crippen LogP contribution in [0.1, 0.15) is 26.7 Å². The molecule has 86 valence electrons. The predicted molar refractivity (Wildman–Crippen MR) is 55.5 cm³/mol. The van der Waals surface area contributed by atoms with E-state index in [1.54, 1.807) is 0 Å². The average molecular weight is 214 g/mol. The average Bonchev–Trinajstić information content (AvgIpc) is 2.18. The van der Waals surface area contributed by atoms with Crippen LogP contribution in [0.2, 0.25) is 0 Å². The van der Waals surface area contributed by atoms with Crippen LogP contribution in [0.3, 0.4) is 0 Å². The van der Waals surface area contributed by atoms with E-state index in [9.17, 15) is 9.59 Å². The van der Waals surface area contributed by atoms with Gasteiger partial charge in [0.15, 0.2) is 0 Å². The standard InChI is InChI=1S/C10H18N2O3/c1-7(8(13)14)12-9(15)10(2)4-3-5-11-6-10/h7,11H,3-6H2,1-2H3,(H,12,15)(H,13,14)/t7-,10?/m1/s1. The molecule has 1 unspecified atom stereocenters. The van der Waals surface area contributed by atoms with Crippen LogP contribution < -0.4 is 10.6 Å². The van der Waals surface area contributed by atoms with Crippen molar-refractivity contribution in [3.05, 3.63) is 0 Å². The summed E-state index contributed by atoms with van der Waals surface area (Å²) < 4.78 is 0. The second-order valence-corrected chi connectivity index (χ2v) is 4.37. The summed E-state index contributed by atoms with van der Waals surface area (Å²) in [5.74, 6) is -1.18. The molecule has 3 N–H and O–H groups in total. The molecule has 2 atom stereocenters. The quantitative estimate of drug-likeness (QED) is 0.616.